The average molecular weight is 375 g/mol. The fourth-order valence-corrected chi connectivity index (χ4v) is 4.50. The van der Waals surface area contributed by atoms with Gasteiger partial charge in [0.15, 0.2) is 0 Å². The lowest BCUT2D eigenvalue weighted by atomic mass is 9.76. The highest BCUT2D eigenvalue weighted by atomic mass is 35.5. The molecular formula is C19H16Cl2N2O2. The second-order valence-corrected chi connectivity index (χ2v) is 7.47. The molecule has 0 saturated carbocycles. The zero-order chi connectivity index (χ0) is 17.7. The molecule has 0 bridgehead atoms. The number of fused-ring (bicyclic) bond motifs is 3. The monoisotopic (exact) mass is 374 g/mol. The number of hydrogen-bond donors (Lipinski definition) is 1. The molecule has 0 unspecified atom stereocenters. The lowest BCUT2D eigenvalue weighted by Crippen LogP contribution is -2.29. The summed E-state index contributed by atoms with van der Waals surface area (Å²) in [5.74, 6) is 0.555. The molecule has 0 spiro atoms. The molecule has 2 aromatic carbocycles. The van der Waals surface area contributed by atoms with E-state index in [1.807, 2.05) is 25.1 Å². The third-order valence-corrected chi connectivity index (χ3v) is 5.69. The van der Waals surface area contributed by atoms with E-state index >= 15 is 0 Å². The molecule has 2 aliphatic rings. The van der Waals surface area contributed by atoms with Gasteiger partial charge in [-0.15, -0.1) is 0 Å². The molecule has 1 N–H and O–H groups in total. The number of nitro benzene ring substituents is 1. The van der Waals surface area contributed by atoms with Crippen LogP contribution in [-0.2, 0) is 0 Å². The van der Waals surface area contributed by atoms with Gasteiger partial charge in [-0.05, 0) is 54.2 Å². The summed E-state index contributed by atoms with van der Waals surface area (Å²) in [4.78, 5) is 10.8. The normalized spacial score (nSPS) is 23.7. The molecule has 6 heteroatoms. The fourth-order valence-electron chi connectivity index (χ4n) is 4.03. The molecular weight excluding hydrogens is 359 g/mol. The first-order valence-corrected chi connectivity index (χ1v) is 8.88. The van der Waals surface area contributed by atoms with Gasteiger partial charge in [0.05, 0.1) is 11.0 Å². The van der Waals surface area contributed by atoms with E-state index in [-0.39, 0.29) is 22.7 Å². The highest BCUT2D eigenvalue weighted by Crippen LogP contribution is 2.51. The summed E-state index contributed by atoms with van der Waals surface area (Å²) in [6.07, 6.45) is 5.32. The lowest BCUT2D eigenvalue weighted by molar-refractivity contribution is -0.384. The maximum absolute atomic E-state index is 11.2. The molecule has 4 rings (SSSR count). The maximum atomic E-state index is 11.2. The van der Waals surface area contributed by atoms with Crippen molar-refractivity contribution in [3.05, 3.63) is 79.3 Å². The molecule has 4 nitrogen and oxygen atoms in total. The summed E-state index contributed by atoms with van der Waals surface area (Å²) in [5, 5.41) is 15.7. The predicted octanol–water partition coefficient (Wildman–Crippen LogP) is 6.04. The third-order valence-electron chi connectivity index (χ3n) is 5.16. The molecule has 3 atom stereocenters. The van der Waals surface area contributed by atoms with Crippen LogP contribution in [0.2, 0.25) is 10.0 Å². The lowest BCUT2D eigenvalue weighted by Gasteiger charge is -2.38. The Morgan fingerprint density at radius 1 is 1.24 bits per heavy atom. The number of allylic oxidation sites excluding steroid dienone is 2. The number of nitrogens with zero attached hydrogens (tertiary/aromatic N) is 1. The van der Waals surface area contributed by atoms with E-state index in [1.54, 1.807) is 12.1 Å². The van der Waals surface area contributed by atoms with E-state index in [0.717, 1.165) is 28.3 Å². The van der Waals surface area contributed by atoms with Gasteiger partial charge in [0.1, 0.15) is 5.02 Å². The minimum Gasteiger partial charge on any atom is -0.377 e. The van der Waals surface area contributed by atoms with Crippen molar-refractivity contribution in [3.8, 4) is 0 Å². The van der Waals surface area contributed by atoms with E-state index in [0.29, 0.717) is 5.92 Å². The van der Waals surface area contributed by atoms with Crippen molar-refractivity contribution in [2.45, 2.75) is 25.3 Å². The van der Waals surface area contributed by atoms with Crippen molar-refractivity contribution in [2.24, 2.45) is 5.92 Å². The molecule has 0 radical (unpaired) electrons. The van der Waals surface area contributed by atoms with Gasteiger partial charge in [0.2, 0.25) is 0 Å². The fraction of sp³-hybridized carbons (Fsp3) is 0.263. The molecule has 0 amide bonds. The summed E-state index contributed by atoms with van der Waals surface area (Å²) in [6, 6.07) is 9.02. The highest BCUT2D eigenvalue weighted by molar-refractivity contribution is 6.32. The van der Waals surface area contributed by atoms with E-state index in [1.165, 1.54) is 5.56 Å². The smallest absolute Gasteiger partial charge is 0.288 e. The van der Waals surface area contributed by atoms with Crippen LogP contribution in [0.1, 0.15) is 35.1 Å². The molecule has 128 valence electrons. The van der Waals surface area contributed by atoms with Gasteiger partial charge in [0, 0.05) is 22.7 Å². The number of anilines is 1. The number of nitrogens with one attached hydrogen (secondary N) is 1. The van der Waals surface area contributed by atoms with Crippen LogP contribution in [0.4, 0.5) is 11.4 Å². The Morgan fingerprint density at radius 2 is 2.04 bits per heavy atom. The van der Waals surface area contributed by atoms with Crippen molar-refractivity contribution in [2.75, 3.05) is 5.32 Å². The molecule has 2 aromatic rings. The van der Waals surface area contributed by atoms with Crippen LogP contribution in [0.5, 0.6) is 0 Å². The second kappa shape index (κ2) is 6.04. The predicted molar refractivity (Wildman–Crippen MR) is 101 cm³/mol. The summed E-state index contributed by atoms with van der Waals surface area (Å²) >= 11 is 12.2. The van der Waals surface area contributed by atoms with Crippen LogP contribution in [0, 0.1) is 23.0 Å². The number of benzene rings is 2. The Kier molecular flexibility index (Phi) is 3.97. The van der Waals surface area contributed by atoms with Crippen LogP contribution in [0.3, 0.4) is 0 Å². The SMILES string of the molecule is Cc1cc(Cl)cc2c1N[C@H](c1ccc(Cl)c([N+](=O)[O-])c1)[C@@H]1CC=C[C@H]21. The van der Waals surface area contributed by atoms with Crippen LogP contribution >= 0.6 is 23.2 Å². The van der Waals surface area contributed by atoms with Crippen molar-refractivity contribution in [3.63, 3.8) is 0 Å². The van der Waals surface area contributed by atoms with Gasteiger partial charge in [-0.25, -0.2) is 0 Å². The zero-order valence-electron chi connectivity index (χ0n) is 13.5. The number of rotatable bonds is 2. The second-order valence-electron chi connectivity index (χ2n) is 6.63. The molecule has 1 aliphatic heterocycles. The maximum Gasteiger partial charge on any atom is 0.288 e. The van der Waals surface area contributed by atoms with Gasteiger partial charge in [0.25, 0.3) is 5.69 Å². The minimum atomic E-state index is -0.433. The van der Waals surface area contributed by atoms with E-state index in [4.69, 9.17) is 23.2 Å². The third kappa shape index (κ3) is 2.70. The molecule has 0 saturated heterocycles. The van der Waals surface area contributed by atoms with Crippen molar-refractivity contribution in [1.82, 2.24) is 0 Å². The van der Waals surface area contributed by atoms with Crippen LogP contribution in [0.25, 0.3) is 0 Å². The molecule has 0 aromatic heterocycles. The number of halogens is 2. The summed E-state index contributed by atoms with van der Waals surface area (Å²) in [7, 11) is 0. The van der Waals surface area contributed by atoms with Gasteiger partial charge in [-0.3, -0.25) is 10.1 Å². The largest absolute Gasteiger partial charge is 0.377 e. The number of hydrogen-bond acceptors (Lipinski definition) is 3. The van der Waals surface area contributed by atoms with Gasteiger partial charge < -0.3 is 5.32 Å². The minimum absolute atomic E-state index is 0.0108. The van der Waals surface area contributed by atoms with E-state index < -0.39 is 4.92 Å². The van der Waals surface area contributed by atoms with Gasteiger partial charge in [-0.2, -0.15) is 0 Å². The Morgan fingerprint density at radius 3 is 2.80 bits per heavy atom. The first-order valence-electron chi connectivity index (χ1n) is 8.13. The van der Waals surface area contributed by atoms with Crippen molar-refractivity contribution >= 4 is 34.6 Å². The summed E-state index contributed by atoms with van der Waals surface area (Å²) in [5.41, 5.74) is 4.18. The van der Waals surface area contributed by atoms with Crippen LogP contribution in [0.15, 0.2) is 42.5 Å². The van der Waals surface area contributed by atoms with Gasteiger partial charge >= 0.3 is 0 Å². The van der Waals surface area contributed by atoms with Crippen LogP contribution < -0.4 is 5.32 Å². The Labute approximate surface area is 155 Å². The molecule has 1 aliphatic carbocycles. The molecule has 25 heavy (non-hydrogen) atoms. The summed E-state index contributed by atoms with van der Waals surface area (Å²) in [6.45, 7) is 2.03. The zero-order valence-corrected chi connectivity index (χ0v) is 15.0. The van der Waals surface area contributed by atoms with Crippen LogP contribution in [-0.4, -0.2) is 4.92 Å². The average Bonchev–Trinajstić information content (AvgIpc) is 3.04. The standard InChI is InChI=1S/C19H16Cl2N2O2/c1-10-7-12(20)9-15-13-3-2-4-14(13)19(22-18(10)15)11-5-6-16(21)17(8-11)23(24)25/h2-3,5-9,13-14,19,22H,4H2,1H3/t13-,14+,19+/m0/s1. The first kappa shape index (κ1) is 16.4. The highest BCUT2D eigenvalue weighted by Gasteiger charge is 2.39. The van der Waals surface area contributed by atoms with Gasteiger partial charge in [-0.1, -0.05) is 41.4 Å². The number of nitro groups is 1. The number of aryl methyl sites for hydroxylation is 1. The molecule has 1 heterocycles. The Bertz CT molecular complexity index is 911. The Balaban J connectivity index is 1.82. The van der Waals surface area contributed by atoms with E-state index in [2.05, 4.69) is 17.5 Å². The van der Waals surface area contributed by atoms with E-state index in [9.17, 15) is 10.1 Å². The van der Waals surface area contributed by atoms with Crippen molar-refractivity contribution in [1.29, 1.82) is 0 Å². The Hall–Kier alpha value is -2.04. The first-order chi connectivity index (χ1) is 12.0. The quantitative estimate of drug-likeness (QED) is 0.396. The topological polar surface area (TPSA) is 55.2 Å². The molecule has 0 fully saturated rings. The van der Waals surface area contributed by atoms with Crippen molar-refractivity contribution < 1.29 is 4.92 Å². The summed E-state index contributed by atoms with van der Waals surface area (Å²) < 4.78 is 0.